The fourth-order valence-corrected chi connectivity index (χ4v) is 1.88. The van der Waals surface area contributed by atoms with E-state index < -0.39 is 5.97 Å². The highest BCUT2D eigenvalue weighted by atomic mass is 16.5. The largest absolute Gasteiger partial charge is 0.468 e. The summed E-state index contributed by atoms with van der Waals surface area (Å²) in [4.78, 5) is 11.0. The van der Waals surface area contributed by atoms with Gasteiger partial charge in [-0.15, -0.1) is 0 Å². The van der Waals surface area contributed by atoms with Crippen molar-refractivity contribution in [2.75, 3.05) is 20.2 Å². The molecule has 0 atom stereocenters. The molecule has 126 valence electrons. The number of ether oxygens (including phenoxy) is 1. The smallest absolute Gasteiger partial charge is 0.322 e. The van der Waals surface area contributed by atoms with Crippen LogP contribution < -0.4 is 0 Å². The molecular weight excluding hydrogens is 278 g/mol. The van der Waals surface area contributed by atoms with E-state index in [1.54, 1.807) is 0 Å². The normalized spacial score (nSPS) is 12.5. The topological polar surface area (TPSA) is 49.8 Å². The summed E-state index contributed by atoms with van der Waals surface area (Å²) < 4.78 is 4.49. The second kappa shape index (κ2) is 12.2. The zero-order valence-electron chi connectivity index (χ0n) is 14.7. The number of hydrogen-bond donors (Lipinski definition) is 1. The van der Waals surface area contributed by atoms with Gasteiger partial charge in [-0.2, -0.15) is 5.06 Å². The van der Waals surface area contributed by atoms with Crippen molar-refractivity contribution in [3.8, 4) is 0 Å². The number of allylic oxidation sites excluding steroid dienone is 5. The SMILES string of the molecule is COC(=O)CN(O)C/C=C(\C)CC/C=C(\C)CCC=C(C)C. The zero-order valence-corrected chi connectivity index (χ0v) is 14.7. The highest BCUT2D eigenvalue weighted by Crippen LogP contribution is 2.11. The van der Waals surface area contributed by atoms with Crippen molar-refractivity contribution in [1.29, 1.82) is 0 Å². The number of carbonyl (C=O) groups is 1. The zero-order chi connectivity index (χ0) is 17.0. The summed E-state index contributed by atoms with van der Waals surface area (Å²) in [6, 6.07) is 0. The van der Waals surface area contributed by atoms with Crippen LogP contribution in [0.3, 0.4) is 0 Å². The van der Waals surface area contributed by atoms with Crippen LogP contribution in [0.15, 0.2) is 34.9 Å². The Hall–Kier alpha value is -1.39. The lowest BCUT2D eigenvalue weighted by atomic mass is 10.1. The maximum absolute atomic E-state index is 11.0. The molecular formula is C18H31NO3. The van der Waals surface area contributed by atoms with Crippen LogP contribution in [-0.2, 0) is 9.53 Å². The van der Waals surface area contributed by atoms with E-state index >= 15 is 0 Å². The predicted octanol–water partition coefficient (Wildman–Crippen LogP) is 4.27. The van der Waals surface area contributed by atoms with E-state index in [-0.39, 0.29) is 6.54 Å². The first kappa shape index (κ1) is 20.6. The second-order valence-electron chi connectivity index (χ2n) is 5.88. The Bertz CT molecular complexity index is 418. The molecule has 22 heavy (non-hydrogen) atoms. The molecule has 0 unspecified atom stereocenters. The molecule has 0 bridgehead atoms. The molecule has 0 fully saturated rings. The first-order valence-corrected chi connectivity index (χ1v) is 7.80. The molecule has 0 rings (SSSR count). The average molecular weight is 309 g/mol. The minimum Gasteiger partial charge on any atom is -0.468 e. The van der Waals surface area contributed by atoms with Gasteiger partial charge in [0, 0.05) is 6.54 Å². The quantitative estimate of drug-likeness (QED) is 0.372. The summed E-state index contributed by atoms with van der Waals surface area (Å²) in [6.45, 7) is 8.69. The molecule has 0 heterocycles. The van der Waals surface area contributed by atoms with Crippen molar-refractivity contribution in [2.24, 2.45) is 0 Å². The van der Waals surface area contributed by atoms with Crippen LogP contribution in [0.2, 0.25) is 0 Å². The third-order valence-electron chi connectivity index (χ3n) is 3.31. The van der Waals surface area contributed by atoms with Crippen molar-refractivity contribution in [3.05, 3.63) is 34.9 Å². The summed E-state index contributed by atoms with van der Waals surface area (Å²) in [5.41, 5.74) is 3.99. The molecule has 0 aliphatic rings. The molecule has 0 saturated carbocycles. The number of esters is 1. The van der Waals surface area contributed by atoms with Crippen molar-refractivity contribution in [3.63, 3.8) is 0 Å². The summed E-state index contributed by atoms with van der Waals surface area (Å²) >= 11 is 0. The minimum absolute atomic E-state index is 0.107. The van der Waals surface area contributed by atoms with Crippen molar-refractivity contribution < 1.29 is 14.7 Å². The van der Waals surface area contributed by atoms with Gasteiger partial charge in [-0.1, -0.05) is 34.9 Å². The Morgan fingerprint density at radius 3 is 2.09 bits per heavy atom. The molecule has 0 amide bonds. The van der Waals surface area contributed by atoms with Gasteiger partial charge in [-0.05, 0) is 53.4 Å². The van der Waals surface area contributed by atoms with Gasteiger partial charge in [-0.3, -0.25) is 4.79 Å². The maximum atomic E-state index is 11.0. The Kier molecular flexibility index (Phi) is 11.4. The van der Waals surface area contributed by atoms with E-state index in [2.05, 4.69) is 37.7 Å². The Balaban J connectivity index is 4.00. The molecule has 0 aromatic heterocycles. The maximum Gasteiger partial charge on any atom is 0.322 e. The van der Waals surface area contributed by atoms with Gasteiger partial charge in [0.1, 0.15) is 6.54 Å². The summed E-state index contributed by atoms with van der Waals surface area (Å²) in [6.07, 6.45) is 10.7. The summed E-state index contributed by atoms with van der Waals surface area (Å²) in [5, 5.41) is 10.5. The van der Waals surface area contributed by atoms with Gasteiger partial charge >= 0.3 is 5.97 Å². The van der Waals surface area contributed by atoms with Crippen LogP contribution in [0.5, 0.6) is 0 Å². The van der Waals surface area contributed by atoms with E-state index in [1.165, 1.54) is 23.8 Å². The number of rotatable bonds is 10. The molecule has 1 N–H and O–H groups in total. The van der Waals surface area contributed by atoms with Crippen LogP contribution in [0.4, 0.5) is 0 Å². The lowest BCUT2D eigenvalue weighted by Gasteiger charge is -2.11. The van der Waals surface area contributed by atoms with Gasteiger partial charge < -0.3 is 9.94 Å². The summed E-state index contributed by atoms with van der Waals surface area (Å²) in [7, 11) is 1.31. The molecule has 0 aromatic carbocycles. The Morgan fingerprint density at radius 1 is 1.00 bits per heavy atom. The van der Waals surface area contributed by atoms with Crippen LogP contribution in [0.1, 0.15) is 53.4 Å². The van der Waals surface area contributed by atoms with Crippen LogP contribution in [0, 0.1) is 0 Å². The van der Waals surface area contributed by atoms with Gasteiger partial charge in [-0.25, -0.2) is 0 Å². The Labute approximate surface area is 135 Å². The average Bonchev–Trinajstić information content (AvgIpc) is 2.44. The molecule has 0 aliphatic carbocycles. The van der Waals surface area contributed by atoms with E-state index in [9.17, 15) is 10.0 Å². The number of hydrogen-bond acceptors (Lipinski definition) is 4. The molecule has 0 saturated heterocycles. The number of nitrogens with zero attached hydrogens (tertiary/aromatic N) is 1. The van der Waals surface area contributed by atoms with E-state index in [1.807, 2.05) is 13.0 Å². The van der Waals surface area contributed by atoms with Crippen LogP contribution in [-0.4, -0.2) is 36.4 Å². The van der Waals surface area contributed by atoms with E-state index in [4.69, 9.17) is 0 Å². The molecule has 0 aliphatic heterocycles. The number of carbonyl (C=O) groups excluding carboxylic acids is 1. The fraction of sp³-hybridized carbons (Fsp3) is 0.611. The summed E-state index contributed by atoms with van der Waals surface area (Å²) in [5.74, 6) is -0.441. The van der Waals surface area contributed by atoms with E-state index in [0.29, 0.717) is 6.54 Å². The molecule has 4 nitrogen and oxygen atoms in total. The van der Waals surface area contributed by atoms with E-state index in [0.717, 1.165) is 30.7 Å². The first-order chi connectivity index (χ1) is 10.3. The third kappa shape index (κ3) is 12.4. The standard InChI is InChI=1S/C18H31NO3/c1-15(2)8-6-9-16(3)10-7-11-17(4)12-13-19(21)14-18(20)22-5/h8,10,12,21H,6-7,9,11,13-14H2,1-5H3/b16-10+,17-12+. The monoisotopic (exact) mass is 309 g/mol. The van der Waals surface area contributed by atoms with Crippen LogP contribution >= 0.6 is 0 Å². The molecule has 0 radical (unpaired) electrons. The molecule has 0 spiro atoms. The lowest BCUT2D eigenvalue weighted by molar-refractivity contribution is -0.154. The van der Waals surface area contributed by atoms with Gasteiger partial charge in [0.15, 0.2) is 0 Å². The number of hydroxylamine groups is 2. The Morgan fingerprint density at radius 2 is 1.55 bits per heavy atom. The van der Waals surface area contributed by atoms with Crippen molar-refractivity contribution >= 4 is 5.97 Å². The molecule has 4 heteroatoms. The highest BCUT2D eigenvalue weighted by molar-refractivity contribution is 5.71. The second-order valence-corrected chi connectivity index (χ2v) is 5.88. The van der Waals surface area contributed by atoms with Gasteiger partial charge in [0.05, 0.1) is 7.11 Å². The first-order valence-electron chi connectivity index (χ1n) is 7.80. The third-order valence-corrected chi connectivity index (χ3v) is 3.31. The van der Waals surface area contributed by atoms with Crippen molar-refractivity contribution in [1.82, 2.24) is 5.06 Å². The van der Waals surface area contributed by atoms with Crippen molar-refractivity contribution in [2.45, 2.75) is 53.4 Å². The minimum atomic E-state index is -0.441. The number of methoxy groups -OCH3 is 1. The fourth-order valence-electron chi connectivity index (χ4n) is 1.88. The predicted molar refractivity (Wildman–Crippen MR) is 90.8 cm³/mol. The lowest BCUT2D eigenvalue weighted by Crippen LogP contribution is -2.27. The van der Waals surface area contributed by atoms with Gasteiger partial charge in [0.2, 0.25) is 0 Å². The van der Waals surface area contributed by atoms with Crippen LogP contribution in [0.25, 0.3) is 0 Å². The van der Waals surface area contributed by atoms with Gasteiger partial charge in [0.25, 0.3) is 0 Å². The highest BCUT2D eigenvalue weighted by Gasteiger charge is 2.06. The molecule has 0 aromatic rings.